The Morgan fingerprint density at radius 1 is 0.933 bits per heavy atom. The van der Waals surface area contributed by atoms with E-state index in [4.69, 9.17) is 9.47 Å². The van der Waals surface area contributed by atoms with Crippen LogP contribution in [0.15, 0.2) is 72.8 Å². The molecule has 3 rings (SSSR count). The van der Waals surface area contributed by atoms with Crippen molar-refractivity contribution in [1.29, 1.82) is 0 Å². The summed E-state index contributed by atoms with van der Waals surface area (Å²) in [6.07, 6.45) is 3.40. The summed E-state index contributed by atoms with van der Waals surface area (Å²) in [7, 11) is 0. The number of ether oxygens (including phenoxy) is 2. The van der Waals surface area contributed by atoms with Crippen molar-refractivity contribution in [3.05, 3.63) is 83.9 Å². The van der Waals surface area contributed by atoms with Crippen LogP contribution in [0, 0.1) is 0 Å². The maximum Gasteiger partial charge on any atom is 0.331 e. The van der Waals surface area contributed by atoms with Gasteiger partial charge in [-0.3, -0.25) is 0 Å². The summed E-state index contributed by atoms with van der Waals surface area (Å²) in [5, 5.41) is -0.507. The second kappa shape index (κ2) is 11.1. The van der Waals surface area contributed by atoms with E-state index in [1.165, 1.54) is 23.9 Å². The Morgan fingerprint density at radius 2 is 1.47 bits per heavy atom. The molecule has 0 unspecified atom stereocenters. The monoisotopic (exact) mass is 490 g/mol. The predicted octanol–water partition coefficient (Wildman–Crippen LogP) is 5.04. The van der Waals surface area contributed by atoms with Crippen molar-refractivity contribution in [3.63, 3.8) is 0 Å². The molecule has 7 heteroatoms. The average Bonchev–Trinajstić information content (AvgIpc) is 3.04. The van der Waals surface area contributed by atoms with Crippen LogP contribution in [-0.2, 0) is 19.1 Å². The van der Waals surface area contributed by atoms with Crippen molar-refractivity contribution >= 4 is 51.8 Å². The van der Waals surface area contributed by atoms with E-state index in [-0.39, 0.29) is 6.61 Å². The number of hydrogen-bond acceptors (Lipinski definition) is 5. The van der Waals surface area contributed by atoms with Crippen molar-refractivity contribution in [1.82, 2.24) is 0 Å². The van der Waals surface area contributed by atoms with Gasteiger partial charge in [0, 0.05) is 12.2 Å². The summed E-state index contributed by atoms with van der Waals surface area (Å²) in [6, 6.07) is 18.6. The summed E-state index contributed by atoms with van der Waals surface area (Å²) < 4.78 is 24.6. The van der Waals surface area contributed by atoms with Crippen LogP contribution >= 0.6 is 27.7 Å². The lowest BCUT2D eigenvalue weighted by Crippen LogP contribution is -2.35. The average molecular weight is 491 g/mol. The van der Waals surface area contributed by atoms with Crippen molar-refractivity contribution in [2.45, 2.75) is 21.7 Å². The van der Waals surface area contributed by atoms with E-state index in [1.807, 2.05) is 60.7 Å². The van der Waals surface area contributed by atoms with E-state index in [1.54, 1.807) is 12.2 Å². The van der Waals surface area contributed by atoms with E-state index in [0.29, 0.717) is 0 Å². The Hall–Kier alpha value is -2.38. The minimum Gasteiger partial charge on any atom is -0.461 e. The zero-order valence-electron chi connectivity index (χ0n) is 15.9. The summed E-state index contributed by atoms with van der Waals surface area (Å²) in [4.78, 5) is 24.1. The molecule has 4 nitrogen and oxygen atoms in total. The van der Waals surface area contributed by atoms with Crippen molar-refractivity contribution < 1.29 is 23.5 Å². The third kappa shape index (κ3) is 6.57. The molecule has 1 aliphatic heterocycles. The lowest BCUT2D eigenvalue weighted by atomic mass is 10.2. The zero-order chi connectivity index (χ0) is 21.3. The highest BCUT2D eigenvalue weighted by atomic mass is 79.9. The fourth-order valence-electron chi connectivity index (χ4n) is 2.79. The molecule has 0 amide bonds. The highest BCUT2D eigenvalue weighted by molar-refractivity contribution is 9.11. The number of carbonyl (C=O) groups is 2. The van der Waals surface area contributed by atoms with Gasteiger partial charge in [-0.1, -0.05) is 76.6 Å². The number of rotatable bonds is 7. The van der Waals surface area contributed by atoms with Crippen LogP contribution in [0.3, 0.4) is 0 Å². The van der Waals surface area contributed by atoms with Gasteiger partial charge in [-0.2, -0.15) is 0 Å². The van der Waals surface area contributed by atoms with E-state index < -0.39 is 33.6 Å². The highest BCUT2D eigenvalue weighted by Crippen LogP contribution is 2.41. The molecule has 1 saturated heterocycles. The minimum atomic E-state index is -1.41. The molecule has 4 atom stereocenters. The van der Waals surface area contributed by atoms with Crippen LogP contribution in [0.25, 0.3) is 12.2 Å². The maximum absolute atomic E-state index is 14.5. The zero-order valence-corrected chi connectivity index (χ0v) is 18.3. The first-order chi connectivity index (χ1) is 14.5. The second-order valence-corrected chi connectivity index (χ2v) is 9.47. The molecule has 30 heavy (non-hydrogen) atoms. The molecule has 156 valence electrons. The normalized spacial score (nSPS) is 23.7. The Labute approximate surface area is 187 Å². The molecule has 0 N–H and O–H groups in total. The molecular weight excluding hydrogens is 471 g/mol. The van der Waals surface area contributed by atoms with Crippen molar-refractivity contribution in [2.24, 2.45) is 0 Å². The number of hydrogen-bond donors (Lipinski definition) is 0. The highest BCUT2D eigenvalue weighted by Gasteiger charge is 2.46. The lowest BCUT2D eigenvalue weighted by molar-refractivity contribution is -0.147. The largest absolute Gasteiger partial charge is 0.461 e. The number of carbonyl (C=O) groups excluding carboxylic acids is 2. The first-order valence-electron chi connectivity index (χ1n) is 9.30. The summed E-state index contributed by atoms with van der Waals surface area (Å²) in [5.41, 5.74) is 1.70. The number of thioether (sulfide) groups is 1. The van der Waals surface area contributed by atoms with Crippen LogP contribution in [-0.4, -0.2) is 40.2 Å². The van der Waals surface area contributed by atoms with Crippen LogP contribution in [0.1, 0.15) is 11.1 Å². The van der Waals surface area contributed by atoms with Gasteiger partial charge in [0.25, 0.3) is 0 Å². The maximum atomic E-state index is 14.5. The molecule has 0 spiro atoms. The lowest BCUT2D eigenvalue weighted by Gasteiger charge is -2.19. The van der Waals surface area contributed by atoms with Gasteiger partial charge in [0.1, 0.15) is 6.61 Å². The summed E-state index contributed by atoms with van der Waals surface area (Å²) in [5.74, 6) is -1.18. The Balaban J connectivity index is 1.54. The van der Waals surface area contributed by atoms with Gasteiger partial charge in [0.05, 0.1) is 9.41 Å². The number of alkyl halides is 2. The Bertz CT molecular complexity index is 904. The third-order valence-electron chi connectivity index (χ3n) is 4.30. The molecule has 0 aromatic heterocycles. The van der Waals surface area contributed by atoms with Crippen LogP contribution in [0.4, 0.5) is 4.39 Å². The molecule has 1 aliphatic rings. The first-order valence-corrected chi connectivity index (χ1v) is 11.2. The molecule has 1 heterocycles. The summed E-state index contributed by atoms with van der Waals surface area (Å²) >= 11 is 4.48. The smallest absolute Gasteiger partial charge is 0.331 e. The van der Waals surface area contributed by atoms with E-state index >= 15 is 0 Å². The molecule has 0 saturated carbocycles. The van der Waals surface area contributed by atoms with Gasteiger partial charge >= 0.3 is 11.9 Å². The Morgan fingerprint density at radius 3 is 2.03 bits per heavy atom. The quantitative estimate of drug-likeness (QED) is 0.309. The standard InChI is InChI=1S/C23H20BrFO4S/c24-23-21(25)22(29-20(27)14-12-17-9-5-2-6-10-17)18(30-23)15-28-19(26)13-11-16-7-3-1-4-8-16/h1-14,18,21-23H,15H2/t18-,21+,22-,23+/m1/s1. The van der Waals surface area contributed by atoms with E-state index in [9.17, 15) is 14.0 Å². The van der Waals surface area contributed by atoms with E-state index in [0.717, 1.165) is 11.1 Å². The SMILES string of the molecule is O=C(C=Cc1ccccc1)OC[C@H]1S[C@H](Br)[C@@H](F)[C@@H]1OC(=O)C=Cc1ccccc1. The summed E-state index contributed by atoms with van der Waals surface area (Å²) in [6.45, 7) is -0.0640. The molecular formula is C23H20BrFO4S. The number of halogens is 2. The molecule has 2 aromatic carbocycles. The van der Waals surface area contributed by atoms with Gasteiger partial charge in [-0.25, -0.2) is 14.0 Å². The third-order valence-corrected chi connectivity index (χ3v) is 6.73. The van der Waals surface area contributed by atoms with Crippen molar-refractivity contribution in [2.75, 3.05) is 6.61 Å². The second-order valence-electron chi connectivity index (χ2n) is 6.49. The topological polar surface area (TPSA) is 52.6 Å². The van der Waals surface area contributed by atoms with Crippen LogP contribution in [0.5, 0.6) is 0 Å². The Kier molecular flexibility index (Phi) is 8.28. The van der Waals surface area contributed by atoms with E-state index in [2.05, 4.69) is 15.9 Å². The molecule has 0 bridgehead atoms. The molecule has 0 aliphatic carbocycles. The fraction of sp³-hybridized carbons (Fsp3) is 0.217. The molecule has 1 fully saturated rings. The van der Waals surface area contributed by atoms with Crippen LogP contribution in [0.2, 0.25) is 0 Å². The minimum absolute atomic E-state index is 0.0640. The van der Waals surface area contributed by atoms with Gasteiger partial charge < -0.3 is 9.47 Å². The van der Waals surface area contributed by atoms with Gasteiger partial charge in [-0.05, 0) is 23.3 Å². The number of esters is 2. The molecule has 2 aromatic rings. The van der Waals surface area contributed by atoms with Gasteiger partial charge in [-0.15, -0.1) is 11.8 Å². The number of benzene rings is 2. The first kappa shape index (κ1) is 22.3. The van der Waals surface area contributed by atoms with Crippen LogP contribution < -0.4 is 0 Å². The van der Waals surface area contributed by atoms with Crippen molar-refractivity contribution in [3.8, 4) is 0 Å². The van der Waals surface area contributed by atoms with Gasteiger partial charge in [0.2, 0.25) is 0 Å². The van der Waals surface area contributed by atoms with Gasteiger partial charge in [0.15, 0.2) is 12.3 Å². The predicted molar refractivity (Wildman–Crippen MR) is 121 cm³/mol. The fourth-order valence-corrected chi connectivity index (χ4v) is 5.07. The molecule has 0 radical (unpaired) electrons.